The molecule has 0 aliphatic carbocycles. The third-order valence-corrected chi connectivity index (χ3v) is 4.95. The molecule has 0 heterocycles. The Balaban J connectivity index is 1.50. The van der Waals surface area contributed by atoms with Gasteiger partial charge in [0.1, 0.15) is 12.4 Å². The molecule has 0 saturated carbocycles. The van der Waals surface area contributed by atoms with E-state index in [1.165, 1.54) is 18.3 Å². The average molecular weight is 458 g/mol. The van der Waals surface area contributed by atoms with E-state index in [2.05, 4.69) is 10.5 Å². The lowest BCUT2D eigenvalue weighted by Crippen LogP contribution is -2.20. The molecule has 0 atom stereocenters. The quantitative estimate of drug-likeness (QED) is 0.286. The van der Waals surface area contributed by atoms with Crippen molar-refractivity contribution in [2.45, 2.75) is 13.0 Å². The zero-order valence-electron chi connectivity index (χ0n) is 16.1. The number of nitrogens with one attached hydrogen (secondary N) is 1. The topological polar surface area (TPSA) is 93.8 Å². The largest absolute Gasteiger partial charge is 0.489 e. The summed E-state index contributed by atoms with van der Waals surface area (Å²) < 4.78 is 5.71. The number of ether oxygens (including phenoxy) is 1. The van der Waals surface area contributed by atoms with Crippen LogP contribution < -0.4 is 10.2 Å². The van der Waals surface area contributed by atoms with Gasteiger partial charge in [0.25, 0.3) is 5.69 Å². The molecule has 3 rings (SSSR count). The summed E-state index contributed by atoms with van der Waals surface area (Å²) >= 11 is 11.9. The highest BCUT2D eigenvalue weighted by molar-refractivity contribution is 6.42. The van der Waals surface area contributed by atoms with Crippen LogP contribution in [0.5, 0.6) is 5.75 Å². The number of benzene rings is 3. The van der Waals surface area contributed by atoms with Gasteiger partial charge in [0, 0.05) is 11.6 Å². The summed E-state index contributed by atoms with van der Waals surface area (Å²) in [5, 5.41) is 15.9. The normalized spacial score (nSPS) is 10.8. The molecule has 0 aromatic heterocycles. The van der Waals surface area contributed by atoms with E-state index in [9.17, 15) is 14.9 Å². The molecule has 0 unspecified atom stereocenters. The second-order valence-electron chi connectivity index (χ2n) is 6.46. The van der Waals surface area contributed by atoms with E-state index in [4.69, 9.17) is 27.9 Å². The maximum Gasteiger partial charge on any atom is 0.273 e. The first-order chi connectivity index (χ1) is 14.9. The summed E-state index contributed by atoms with van der Waals surface area (Å²) in [5.74, 6) is 0.204. The molecule has 31 heavy (non-hydrogen) atoms. The van der Waals surface area contributed by atoms with Gasteiger partial charge in [0.05, 0.1) is 27.6 Å². The van der Waals surface area contributed by atoms with E-state index < -0.39 is 10.8 Å². The molecule has 0 spiro atoms. The predicted octanol–water partition coefficient (Wildman–Crippen LogP) is 5.17. The number of hydrogen-bond donors (Lipinski definition) is 1. The second kappa shape index (κ2) is 10.6. The van der Waals surface area contributed by atoms with Crippen molar-refractivity contribution in [3.05, 3.63) is 104 Å². The second-order valence-corrected chi connectivity index (χ2v) is 7.28. The van der Waals surface area contributed by atoms with Crippen molar-refractivity contribution in [2.75, 3.05) is 0 Å². The number of nitrogens with zero attached hydrogens (tertiary/aromatic N) is 2. The molecular formula is C22H17Cl2N3O4. The number of hydrazone groups is 1. The highest BCUT2D eigenvalue weighted by Crippen LogP contribution is 2.23. The summed E-state index contributed by atoms with van der Waals surface area (Å²) in [4.78, 5) is 22.5. The summed E-state index contributed by atoms with van der Waals surface area (Å²) in [6.45, 7) is 0.339. The number of carbonyl (C=O) groups is 1. The summed E-state index contributed by atoms with van der Waals surface area (Å²) in [6.07, 6.45) is 1.33. The molecule has 0 radical (unpaired) electrons. The monoisotopic (exact) mass is 457 g/mol. The van der Waals surface area contributed by atoms with Crippen LogP contribution in [0.25, 0.3) is 0 Å². The van der Waals surface area contributed by atoms with Gasteiger partial charge in [-0.25, -0.2) is 5.43 Å². The SMILES string of the molecule is O=C(Cc1ccccc1[N+](=O)[O-])NN=Cc1ccc(OCc2ccc(Cl)c(Cl)c2)cc1. The standard InChI is InChI=1S/C22H17Cl2N3O4/c23-19-10-7-16(11-20(19)24)14-31-18-8-5-15(6-9-18)13-25-26-22(28)12-17-3-1-2-4-21(17)27(29)30/h1-11,13H,12,14H2,(H,26,28). The number of para-hydroxylation sites is 1. The van der Waals surface area contributed by atoms with Crippen molar-refractivity contribution in [1.29, 1.82) is 0 Å². The van der Waals surface area contributed by atoms with Crippen molar-refractivity contribution in [1.82, 2.24) is 5.43 Å². The average Bonchev–Trinajstić information content (AvgIpc) is 2.75. The summed E-state index contributed by atoms with van der Waals surface area (Å²) in [7, 11) is 0. The predicted molar refractivity (Wildman–Crippen MR) is 120 cm³/mol. The molecule has 0 fully saturated rings. The molecule has 158 valence electrons. The van der Waals surface area contributed by atoms with Gasteiger partial charge >= 0.3 is 0 Å². The number of carbonyl (C=O) groups excluding carboxylic acids is 1. The van der Waals surface area contributed by atoms with Crippen molar-refractivity contribution in [3.8, 4) is 5.75 Å². The fourth-order valence-electron chi connectivity index (χ4n) is 2.68. The number of amides is 1. The molecule has 0 aliphatic rings. The van der Waals surface area contributed by atoms with Crippen molar-refractivity contribution < 1.29 is 14.5 Å². The Morgan fingerprint density at radius 1 is 1.06 bits per heavy atom. The van der Waals surface area contributed by atoms with Crippen LogP contribution in [0.3, 0.4) is 0 Å². The maximum atomic E-state index is 12.0. The number of hydrogen-bond acceptors (Lipinski definition) is 5. The first-order valence-electron chi connectivity index (χ1n) is 9.13. The van der Waals surface area contributed by atoms with E-state index in [0.717, 1.165) is 11.1 Å². The van der Waals surface area contributed by atoms with Gasteiger partial charge in [-0.3, -0.25) is 14.9 Å². The summed E-state index contributed by atoms with van der Waals surface area (Å²) in [5.41, 5.74) is 4.23. The zero-order chi connectivity index (χ0) is 22.2. The minimum absolute atomic E-state index is 0.0990. The van der Waals surface area contributed by atoms with Gasteiger partial charge in [-0.2, -0.15) is 5.10 Å². The van der Waals surface area contributed by atoms with Crippen LogP contribution in [0.4, 0.5) is 5.69 Å². The molecule has 0 saturated heterocycles. The van der Waals surface area contributed by atoms with Crippen LogP contribution in [0.1, 0.15) is 16.7 Å². The molecule has 0 aliphatic heterocycles. The Morgan fingerprint density at radius 3 is 2.52 bits per heavy atom. The molecule has 1 amide bonds. The lowest BCUT2D eigenvalue weighted by Gasteiger charge is -2.07. The van der Waals surface area contributed by atoms with Crippen LogP contribution in [0, 0.1) is 10.1 Å². The Bertz CT molecular complexity index is 1120. The Hall–Kier alpha value is -3.42. The molecule has 7 nitrogen and oxygen atoms in total. The third-order valence-electron chi connectivity index (χ3n) is 4.21. The van der Waals surface area contributed by atoms with Crippen LogP contribution in [0.15, 0.2) is 71.8 Å². The molecule has 3 aromatic rings. The van der Waals surface area contributed by atoms with Gasteiger partial charge in [-0.1, -0.05) is 47.5 Å². The van der Waals surface area contributed by atoms with Crippen molar-refractivity contribution in [3.63, 3.8) is 0 Å². The molecule has 3 aromatic carbocycles. The first-order valence-corrected chi connectivity index (χ1v) is 9.89. The van der Waals surface area contributed by atoms with Gasteiger partial charge in [0.2, 0.25) is 5.91 Å². The fraction of sp³-hybridized carbons (Fsp3) is 0.0909. The lowest BCUT2D eigenvalue weighted by atomic mass is 10.1. The van der Waals surface area contributed by atoms with E-state index in [-0.39, 0.29) is 12.1 Å². The molecule has 9 heteroatoms. The minimum Gasteiger partial charge on any atom is -0.489 e. The van der Waals surface area contributed by atoms with Gasteiger partial charge in [-0.05, 0) is 47.5 Å². The van der Waals surface area contributed by atoms with Crippen LogP contribution >= 0.6 is 23.2 Å². The van der Waals surface area contributed by atoms with Crippen LogP contribution in [-0.4, -0.2) is 17.0 Å². The highest BCUT2D eigenvalue weighted by Gasteiger charge is 2.15. The van der Waals surface area contributed by atoms with E-state index in [0.29, 0.717) is 28.0 Å². The number of halogens is 2. The smallest absolute Gasteiger partial charge is 0.273 e. The molecular weight excluding hydrogens is 441 g/mol. The Morgan fingerprint density at radius 2 is 1.81 bits per heavy atom. The van der Waals surface area contributed by atoms with E-state index >= 15 is 0 Å². The van der Waals surface area contributed by atoms with Gasteiger partial charge in [-0.15, -0.1) is 0 Å². The molecule has 0 bridgehead atoms. The van der Waals surface area contributed by atoms with Crippen LogP contribution in [-0.2, 0) is 17.8 Å². The highest BCUT2D eigenvalue weighted by atomic mass is 35.5. The molecule has 1 N–H and O–H groups in total. The number of nitro benzene ring substituents is 1. The first kappa shape index (κ1) is 22.3. The van der Waals surface area contributed by atoms with Crippen molar-refractivity contribution in [2.24, 2.45) is 5.10 Å². The van der Waals surface area contributed by atoms with E-state index in [1.807, 2.05) is 6.07 Å². The Kier molecular flexibility index (Phi) is 7.59. The number of nitro groups is 1. The number of rotatable bonds is 8. The fourth-order valence-corrected chi connectivity index (χ4v) is 3.00. The minimum atomic E-state index is -0.517. The van der Waals surface area contributed by atoms with Crippen LogP contribution in [0.2, 0.25) is 10.0 Å². The lowest BCUT2D eigenvalue weighted by molar-refractivity contribution is -0.385. The zero-order valence-corrected chi connectivity index (χ0v) is 17.6. The van der Waals surface area contributed by atoms with Crippen molar-refractivity contribution >= 4 is 41.0 Å². The van der Waals surface area contributed by atoms with Gasteiger partial charge in [0.15, 0.2) is 0 Å². The summed E-state index contributed by atoms with van der Waals surface area (Å²) in [6, 6.07) is 18.5. The Labute approximate surface area is 188 Å². The van der Waals surface area contributed by atoms with E-state index in [1.54, 1.807) is 48.5 Å². The maximum absolute atomic E-state index is 12.0. The van der Waals surface area contributed by atoms with Gasteiger partial charge < -0.3 is 4.74 Å². The third kappa shape index (κ3) is 6.53.